The lowest BCUT2D eigenvalue weighted by atomic mass is 10.2. The molecule has 0 unspecified atom stereocenters. The van der Waals surface area contributed by atoms with Gasteiger partial charge in [0, 0.05) is 25.2 Å². The summed E-state index contributed by atoms with van der Waals surface area (Å²) in [4.78, 5) is 4.27. The summed E-state index contributed by atoms with van der Waals surface area (Å²) in [6.45, 7) is 0.799. The summed E-state index contributed by atoms with van der Waals surface area (Å²) in [5, 5.41) is 8.88. The minimum atomic E-state index is -0.227. The summed E-state index contributed by atoms with van der Waals surface area (Å²) < 4.78 is 2.02. The summed E-state index contributed by atoms with van der Waals surface area (Å²) in [5.41, 5.74) is 7.83. The zero-order valence-electron chi connectivity index (χ0n) is 9.66. The fourth-order valence-corrected chi connectivity index (χ4v) is 1.73. The molecule has 0 bridgehead atoms. The van der Waals surface area contributed by atoms with E-state index in [1.807, 2.05) is 29.0 Å². The Morgan fingerprint density at radius 1 is 1.29 bits per heavy atom. The van der Waals surface area contributed by atoms with Crippen LogP contribution in [-0.2, 0) is 13.0 Å². The van der Waals surface area contributed by atoms with E-state index in [-0.39, 0.29) is 12.6 Å². The van der Waals surface area contributed by atoms with Crippen molar-refractivity contribution in [1.29, 1.82) is 0 Å². The molecule has 0 saturated heterocycles. The summed E-state index contributed by atoms with van der Waals surface area (Å²) in [5.74, 6) is 0. The van der Waals surface area contributed by atoms with Crippen molar-refractivity contribution in [3.05, 3.63) is 54.1 Å². The molecule has 0 radical (unpaired) electrons. The third-order valence-corrected chi connectivity index (χ3v) is 2.60. The number of benzene rings is 1. The normalized spacial score (nSPS) is 12.6. The maximum absolute atomic E-state index is 8.88. The van der Waals surface area contributed by atoms with Crippen LogP contribution in [0.5, 0.6) is 0 Å². The highest BCUT2D eigenvalue weighted by atomic mass is 16.3. The first-order chi connectivity index (χ1) is 8.28. The van der Waals surface area contributed by atoms with Crippen molar-refractivity contribution in [3.8, 4) is 0 Å². The van der Waals surface area contributed by atoms with Gasteiger partial charge in [-0.3, -0.25) is 0 Å². The molecule has 0 aliphatic rings. The van der Waals surface area contributed by atoms with Crippen LogP contribution in [-0.4, -0.2) is 27.3 Å². The van der Waals surface area contributed by atoms with Crippen LogP contribution in [0.1, 0.15) is 11.3 Å². The molecule has 2 rings (SSSR count). The van der Waals surface area contributed by atoms with Crippen molar-refractivity contribution in [2.24, 2.45) is 5.73 Å². The number of nitrogens with two attached hydrogens (primary N) is 1. The van der Waals surface area contributed by atoms with Gasteiger partial charge in [0.1, 0.15) is 0 Å². The molecule has 1 atom stereocenters. The average molecular weight is 231 g/mol. The second kappa shape index (κ2) is 5.61. The molecule has 0 saturated carbocycles. The Kier molecular flexibility index (Phi) is 3.90. The van der Waals surface area contributed by atoms with E-state index in [9.17, 15) is 0 Å². The van der Waals surface area contributed by atoms with Crippen LogP contribution in [0.4, 0.5) is 0 Å². The summed E-state index contributed by atoms with van der Waals surface area (Å²) in [6.07, 6.45) is 4.38. The van der Waals surface area contributed by atoms with Crippen molar-refractivity contribution >= 4 is 0 Å². The molecule has 1 aromatic carbocycles. The number of aromatic nitrogens is 2. The predicted octanol–water partition coefficient (Wildman–Crippen LogP) is 0.793. The van der Waals surface area contributed by atoms with Crippen LogP contribution in [0, 0.1) is 0 Å². The largest absolute Gasteiger partial charge is 0.395 e. The number of aliphatic hydroxyl groups is 1. The Hall–Kier alpha value is -1.65. The highest BCUT2D eigenvalue weighted by Gasteiger charge is 2.05. The van der Waals surface area contributed by atoms with Gasteiger partial charge in [-0.1, -0.05) is 30.3 Å². The fraction of sp³-hybridized carbons (Fsp3) is 0.308. The second-order valence-electron chi connectivity index (χ2n) is 4.17. The minimum Gasteiger partial charge on any atom is -0.395 e. The zero-order chi connectivity index (χ0) is 12.1. The monoisotopic (exact) mass is 231 g/mol. The van der Waals surface area contributed by atoms with E-state index < -0.39 is 0 Å². The Morgan fingerprint density at radius 2 is 2.06 bits per heavy atom. The Labute approximate surface area is 101 Å². The molecule has 3 N–H and O–H groups in total. The summed E-state index contributed by atoms with van der Waals surface area (Å²) >= 11 is 0. The van der Waals surface area contributed by atoms with E-state index in [1.54, 1.807) is 6.33 Å². The second-order valence-corrected chi connectivity index (χ2v) is 4.17. The number of imidazole rings is 1. The molecule has 4 nitrogen and oxygen atoms in total. The molecule has 4 heteroatoms. The first-order valence-electron chi connectivity index (χ1n) is 5.69. The Bertz CT molecular complexity index is 453. The third kappa shape index (κ3) is 3.41. The van der Waals surface area contributed by atoms with E-state index in [0.29, 0.717) is 6.42 Å². The summed E-state index contributed by atoms with van der Waals surface area (Å²) in [6, 6.07) is 9.99. The molecule has 17 heavy (non-hydrogen) atoms. The van der Waals surface area contributed by atoms with Gasteiger partial charge in [0.05, 0.1) is 18.6 Å². The SMILES string of the molecule is N[C@H](CO)Cc1cn(Cc2ccccc2)cn1. The van der Waals surface area contributed by atoms with E-state index in [4.69, 9.17) is 10.8 Å². The number of nitrogens with zero attached hydrogens (tertiary/aromatic N) is 2. The highest BCUT2D eigenvalue weighted by molar-refractivity contribution is 5.15. The molecule has 0 spiro atoms. The lowest BCUT2D eigenvalue weighted by molar-refractivity contribution is 0.264. The molecule has 0 aliphatic carbocycles. The van der Waals surface area contributed by atoms with Crippen LogP contribution in [0.15, 0.2) is 42.9 Å². The maximum Gasteiger partial charge on any atom is 0.0952 e. The molecular weight excluding hydrogens is 214 g/mol. The van der Waals surface area contributed by atoms with Gasteiger partial charge in [0.25, 0.3) is 0 Å². The zero-order valence-corrected chi connectivity index (χ0v) is 9.66. The van der Waals surface area contributed by atoms with Crippen LogP contribution < -0.4 is 5.73 Å². The highest BCUT2D eigenvalue weighted by Crippen LogP contribution is 2.05. The van der Waals surface area contributed by atoms with E-state index in [1.165, 1.54) is 5.56 Å². The Morgan fingerprint density at radius 3 is 2.76 bits per heavy atom. The van der Waals surface area contributed by atoms with Crippen LogP contribution in [0.25, 0.3) is 0 Å². The van der Waals surface area contributed by atoms with E-state index in [0.717, 1.165) is 12.2 Å². The quantitative estimate of drug-likeness (QED) is 0.799. The van der Waals surface area contributed by atoms with Crippen molar-refractivity contribution < 1.29 is 5.11 Å². The molecule has 2 aromatic rings. The van der Waals surface area contributed by atoms with E-state index >= 15 is 0 Å². The number of rotatable bonds is 5. The topological polar surface area (TPSA) is 64.1 Å². The third-order valence-electron chi connectivity index (χ3n) is 2.60. The Balaban J connectivity index is 1.99. The molecule has 1 heterocycles. The molecule has 90 valence electrons. The smallest absolute Gasteiger partial charge is 0.0952 e. The van der Waals surface area contributed by atoms with Crippen LogP contribution >= 0.6 is 0 Å². The maximum atomic E-state index is 8.88. The van der Waals surface area contributed by atoms with Crippen LogP contribution in [0.3, 0.4) is 0 Å². The van der Waals surface area contributed by atoms with Gasteiger partial charge in [-0.05, 0) is 5.56 Å². The summed E-state index contributed by atoms with van der Waals surface area (Å²) in [7, 11) is 0. The van der Waals surface area contributed by atoms with E-state index in [2.05, 4.69) is 17.1 Å². The van der Waals surface area contributed by atoms with Crippen LogP contribution in [0.2, 0.25) is 0 Å². The van der Waals surface area contributed by atoms with Crippen molar-refractivity contribution in [1.82, 2.24) is 9.55 Å². The number of hydrogen-bond acceptors (Lipinski definition) is 3. The standard InChI is InChI=1S/C13H17N3O/c14-12(9-17)6-13-8-16(10-15-13)7-11-4-2-1-3-5-11/h1-5,8,10,12,17H,6-7,9,14H2/t12-/m0/s1. The van der Waals surface area contributed by atoms with Gasteiger partial charge in [0.2, 0.25) is 0 Å². The minimum absolute atomic E-state index is 0.00839. The predicted molar refractivity (Wildman–Crippen MR) is 66.5 cm³/mol. The fourth-order valence-electron chi connectivity index (χ4n) is 1.73. The lowest BCUT2D eigenvalue weighted by Crippen LogP contribution is -2.26. The first kappa shape index (κ1) is 11.8. The molecule has 0 aliphatic heterocycles. The molecule has 0 amide bonds. The van der Waals surface area contributed by atoms with Gasteiger partial charge >= 0.3 is 0 Å². The number of hydrogen-bond donors (Lipinski definition) is 2. The van der Waals surface area contributed by atoms with Gasteiger partial charge in [-0.25, -0.2) is 4.98 Å². The first-order valence-corrected chi connectivity index (χ1v) is 5.69. The van der Waals surface area contributed by atoms with Crippen molar-refractivity contribution in [2.45, 2.75) is 19.0 Å². The molecule has 1 aromatic heterocycles. The number of aliphatic hydroxyl groups excluding tert-OH is 1. The van der Waals surface area contributed by atoms with Gasteiger partial charge in [0.15, 0.2) is 0 Å². The van der Waals surface area contributed by atoms with Gasteiger partial charge in [-0.2, -0.15) is 0 Å². The lowest BCUT2D eigenvalue weighted by Gasteiger charge is -2.04. The van der Waals surface area contributed by atoms with Gasteiger partial charge < -0.3 is 15.4 Å². The van der Waals surface area contributed by atoms with Crippen molar-refractivity contribution in [2.75, 3.05) is 6.61 Å². The molecular formula is C13H17N3O. The van der Waals surface area contributed by atoms with Crippen molar-refractivity contribution in [3.63, 3.8) is 0 Å². The molecule has 0 fully saturated rings. The van der Waals surface area contributed by atoms with Gasteiger partial charge in [-0.15, -0.1) is 0 Å². The average Bonchev–Trinajstić information content (AvgIpc) is 2.77.